The zero-order valence-electron chi connectivity index (χ0n) is 12.4. The molecule has 0 aliphatic carbocycles. The molecule has 1 aromatic carbocycles. The summed E-state index contributed by atoms with van der Waals surface area (Å²) in [4.78, 5) is 16.9. The Morgan fingerprint density at radius 2 is 1.95 bits per heavy atom. The number of carbonyl (C=O) groups excluding carboxylic acids is 1. The number of piperazine rings is 1. The fourth-order valence-electron chi connectivity index (χ4n) is 2.49. The lowest BCUT2D eigenvalue weighted by molar-refractivity contribution is 0.0618. The quantitative estimate of drug-likeness (QED) is 0.819. The first-order chi connectivity index (χ1) is 9.91. The maximum absolute atomic E-state index is 12.5. The number of benzene rings is 1. The minimum absolute atomic E-state index is 0.0459. The number of aromatic hydroxyl groups is 1. The lowest BCUT2D eigenvalue weighted by Gasteiger charge is -2.37. The Balaban J connectivity index is 2.04. The number of phenolic OH excluding ortho intramolecular Hbond substituents is 1. The number of nitrogens with two attached hydrogens (primary N) is 1. The molecule has 2 rings (SSSR count). The van der Waals surface area contributed by atoms with Crippen molar-refractivity contribution in [1.29, 1.82) is 0 Å². The molecule has 0 aromatic heterocycles. The molecule has 0 spiro atoms. The van der Waals surface area contributed by atoms with Crippen LogP contribution in [0.3, 0.4) is 0 Å². The summed E-state index contributed by atoms with van der Waals surface area (Å²) in [5.74, 6) is -0.0553. The Bertz CT molecular complexity index is 554. The van der Waals surface area contributed by atoms with Crippen LogP contribution in [0.15, 0.2) is 18.2 Å². The van der Waals surface area contributed by atoms with Gasteiger partial charge in [-0.2, -0.15) is 0 Å². The van der Waals surface area contributed by atoms with Crippen LogP contribution in [0.5, 0.6) is 5.75 Å². The molecule has 1 aromatic rings. The third kappa shape index (κ3) is 3.33. The maximum atomic E-state index is 12.5. The van der Waals surface area contributed by atoms with E-state index in [9.17, 15) is 9.90 Å². The third-order valence-corrected chi connectivity index (χ3v) is 4.37. The van der Waals surface area contributed by atoms with Gasteiger partial charge in [0, 0.05) is 26.2 Å². The predicted octanol–water partition coefficient (Wildman–Crippen LogP) is 1.13. The number of rotatable bonds is 3. The van der Waals surface area contributed by atoms with Crippen molar-refractivity contribution in [2.75, 3.05) is 26.2 Å². The van der Waals surface area contributed by atoms with Gasteiger partial charge in [-0.3, -0.25) is 9.69 Å². The molecule has 1 heterocycles. The van der Waals surface area contributed by atoms with Gasteiger partial charge in [-0.05, 0) is 25.5 Å². The van der Waals surface area contributed by atoms with Crippen LogP contribution in [0.25, 0.3) is 0 Å². The summed E-state index contributed by atoms with van der Waals surface area (Å²) >= 11 is 5.01. The predicted molar refractivity (Wildman–Crippen MR) is 86.6 cm³/mol. The molecule has 0 bridgehead atoms. The molecular formula is C15H21N3O2S. The van der Waals surface area contributed by atoms with E-state index in [-0.39, 0.29) is 17.7 Å². The monoisotopic (exact) mass is 307 g/mol. The molecule has 5 nitrogen and oxygen atoms in total. The Labute approximate surface area is 130 Å². The van der Waals surface area contributed by atoms with E-state index in [1.807, 2.05) is 6.92 Å². The number of nitrogens with zero attached hydrogens (tertiary/aromatic N) is 2. The van der Waals surface area contributed by atoms with E-state index >= 15 is 0 Å². The second-order valence-electron chi connectivity index (χ2n) is 5.38. The number of amides is 1. The molecule has 1 unspecified atom stereocenters. The van der Waals surface area contributed by atoms with Crippen molar-refractivity contribution in [3.05, 3.63) is 29.3 Å². The lowest BCUT2D eigenvalue weighted by atomic mass is 10.1. The normalized spacial score (nSPS) is 17.5. The summed E-state index contributed by atoms with van der Waals surface area (Å²) < 4.78 is 0. The first-order valence-corrected chi connectivity index (χ1v) is 7.44. The maximum Gasteiger partial charge on any atom is 0.257 e. The number of thiocarbonyl (C=S) groups is 1. The molecule has 0 saturated carbocycles. The fraction of sp³-hybridized carbons (Fsp3) is 0.467. The average Bonchev–Trinajstić information content (AvgIpc) is 2.48. The summed E-state index contributed by atoms with van der Waals surface area (Å²) in [6.07, 6.45) is 0. The number of carbonyl (C=O) groups is 1. The molecule has 21 heavy (non-hydrogen) atoms. The highest BCUT2D eigenvalue weighted by Crippen LogP contribution is 2.23. The minimum Gasteiger partial charge on any atom is -0.507 e. The molecule has 1 aliphatic heterocycles. The Morgan fingerprint density at radius 3 is 2.52 bits per heavy atom. The Hall–Kier alpha value is -1.66. The molecule has 1 amide bonds. The van der Waals surface area contributed by atoms with E-state index in [1.165, 1.54) is 0 Å². The molecule has 6 heteroatoms. The molecule has 0 radical (unpaired) electrons. The average molecular weight is 307 g/mol. The van der Waals surface area contributed by atoms with E-state index in [0.717, 1.165) is 13.1 Å². The molecule has 1 saturated heterocycles. The number of para-hydroxylation sites is 1. The van der Waals surface area contributed by atoms with Crippen molar-refractivity contribution < 1.29 is 9.90 Å². The molecular weight excluding hydrogens is 286 g/mol. The first kappa shape index (κ1) is 15.7. The summed E-state index contributed by atoms with van der Waals surface area (Å²) in [7, 11) is 0. The van der Waals surface area contributed by atoms with Crippen LogP contribution in [0.2, 0.25) is 0 Å². The second-order valence-corrected chi connectivity index (χ2v) is 5.85. The van der Waals surface area contributed by atoms with Crippen LogP contribution < -0.4 is 5.73 Å². The van der Waals surface area contributed by atoms with Crippen molar-refractivity contribution in [3.63, 3.8) is 0 Å². The van der Waals surface area contributed by atoms with E-state index in [0.29, 0.717) is 29.2 Å². The standard InChI is InChI=1S/C15H21N3O2S/c1-10-4-3-5-12(13(10)19)15(20)18-8-6-17(7-9-18)11(2)14(16)21/h3-5,11,19H,6-9H2,1-2H3,(H2,16,21). The number of hydrogen-bond acceptors (Lipinski definition) is 4. The van der Waals surface area contributed by atoms with Gasteiger partial charge < -0.3 is 15.7 Å². The van der Waals surface area contributed by atoms with Crippen LogP contribution >= 0.6 is 12.2 Å². The summed E-state index contributed by atoms with van der Waals surface area (Å²) in [5, 5.41) is 10.0. The minimum atomic E-state index is -0.126. The Morgan fingerprint density at radius 1 is 1.33 bits per heavy atom. The van der Waals surface area contributed by atoms with Gasteiger partial charge in [0.05, 0.1) is 16.6 Å². The highest BCUT2D eigenvalue weighted by molar-refractivity contribution is 7.80. The zero-order valence-corrected chi connectivity index (χ0v) is 13.2. The van der Waals surface area contributed by atoms with Crippen LogP contribution in [-0.2, 0) is 0 Å². The third-order valence-electron chi connectivity index (χ3n) is 4.03. The van der Waals surface area contributed by atoms with Crippen molar-refractivity contribution in [3.8, 4) is 5.75 Å². The molecule has 3 N–H and O–H groups in total. The van der Waals surface area contributed by atoms with Crippen molar-refractivity contribution in [2.24, 2.45) is 5.73 Å². The fourth-order valence-corrected chi connectivity index (χ4v) is 2.64. The zero-order chi connectivity index (χ0) is 15.6. The molecule has 1 atom stereocenters. The number of hydrogen-bond donors (Lipinski definition) is 2. The van der Waals surface area contributed by atoms with Crippen LogP contribution in [0.4, 0.5) is 0 Å². The largest absolute Gasteiger partial charge is 0.507 e. The smallest absolute Gasteiger partial charge is 0.257 e. The number of phenols is 1. The summed E-state index contributed by atoms with van der Waals surface area (Å²) in [5.41, 5.74) is 6.74. The van der Waals surface area contributed by atoms with Crippen molar-refractivity contribution in [2.45, 2.75) is 19.9 Å². The van der Waals surface area contributed by atoms with Crippen LogP contribution in [-0.4, -0.2) is 58.0 Å². The van der Waals surface area contributed by atoms with E-state index in [4.69, 9.17) is 18.0 Å². The molecule has 114 valence electrons. The summed E-state index contributed by atoms with van der Waals surface area (Å²) in [6, 6.07) is 5.28. The Kier molecular flexibility index (Phi) is 4.80. The van der Waals surface area contributed by atoms with Crippen molar-refractivity contribution >= 4 is 23.1 Å². The number of aryl methyl sites for hydroxylation is 1. The highest BCUT2D eigenvalue weighted by Gasteiger charge is 2.26. The first-order valence-electron chi connectivity index (χ1n) is 7.03. The highest BCUT2D eigenvalue weighted by atomic mass is 32.1. The van der Waals surface area contributed by atoms with Gasteiger partial charge in [0.15, 0.2) is 0 Å². The van der Waals surface area contributed by atoms with Gasteiger partial charge in [0.25, 0.3) is 5.91 Å². The van der Waals surface area contributed by atoms with E-state index in [1.54, 1.807) is 30.0 Å². The van der Waals surface area contributed by atoms with Gasteiger partial charge in [-0.15, -0.1) is 0 Å². The second kappa shape index (κ2) is 6.41. The van der Waals surface area contributed by atoms with E-state index < -0.39 is 0 Å². The van der Waals surface area contributed by atoms with Gasteiger partial charge in [0.1, 0.15) is 5.75 Å². The van der Waals surface area contributed by atoms with Gasteiger partial charge >= 0.3 is 0 Å². The molecule has 1 aliphatic rings. The summed E-state index contributed by atoms with van der Waals surface area (Å²) in [6.45, 7) is 6.45. The molecule has 1 fully saturated rings. The van der Waals surface area contributed by atoms with Crippen LogP contribution in [0.1, 0.15) is 22.8 Å². The van der Waals surface area contributed by atoms with Crippen LogP contribution in [0, 0.1) is 6.92 Å². The van der Waals surface area contributed by atoms with Gasteiger partial charge in [-0.1, -0.05) is 24.4 Å². The van der Waals surface area contributed by atoms with Gasteiger partial charge in [-0.25, -0.2) is 0 Å². The topological polar surface area (TPSA) is 69.8 Å². The lowest BCUT2D eigenvalue weighted by Crippen LogP contribution is -2.53. The van der Waals surface area contributed by atoms with Gasteiger partial charge in [0.2, 0.25) is 0 Å². The van der Waals surface area contributed by atoms with E-state index in [2.05, 4.69) is 4.90 Å². The van der Waals surface area contributed by atoms with Crippen molar-refractivity contribution in [1.82, 2.24) is 9.80 Å². The SMILES string of the molecule is Cc1cccc(C(=O)N2CCN(C(C)C(N)=S)CC2)c1O.